The molecule has 19 heavy (non-hydrogen) atoms. The maximum atomic E-state index is 5.47. The Kier molecular flexibility index (Phi) is 4.46. The van der Waals surface area contributed by atoms with Crippen molar-refractivity contribution in [3.8, 4) is 5.75 Å². The molecule has 0 unspecified atom stereocenters. The minimum atomic E-state index is 0.282. The predicted octanol–water partition coefficient (Wildman–Crippen LogP) is 3.52. The van der Waals surface area contributed by atoms with Crippen LogP contribution in [0.2, 0.25) is 0 Å². The number of hydrogen-bond acceptors (Lipinski definition) is 3. The highest BCUT2D eigenvalue weighted by atomic mass is 16.5. The molecule has 0 aliphatic heterocycles. The molecule has 1 saturated carbocycles. The number of rotatable bonds is 4. The highest BCUT2D eigenvalue weighted by Gasteiger charge is 2.26. The van der Waals surface area contributed by atoms with Gasteiger partial charge in [0.25, 0.3) is 0 Å². The number of nitrogens with one attached hydrogen (secondary N) is 1. The molecule has 3 nitrogen and oxygen atoms in total. The molecule has 2 rings (SSSR count). The lowest BCUT2D eigenvalue weighted by Crippen LogP contribution is -2.43. The van der Waals surface area contributed by atoms with E-state index in [-0.39, 0.29) is 5.54 Å². The molecule has 0 atom stereocenters. The molecule has 0 saturated heterocycles. The number of pyridine rings is 1. The Morgan fingerprint density at radius 2 is 1.95 bits per heavy atom. The van der Waals surface area contributed by atoms with Crippen LogP contribution in [0.5, 0.6) is 5.75 Å². The molecule has 1 aromatic rings. The fourth-order valence-electron chi connectivity index (χ4n) is 3.06. The van der Waals surface area contributed by atoms with Crippen molar-refractivity contribution in [3.05, 3.63) is 23.0 Å². The number of aryl methyl sites for hydroxylation is 1. The zero-order chi connectivity index (χ0) is 13.9. The zero-order valence-electron chi connectivity index (χ0n) is 12.7. The molecular formula is C16H26N2O. The molecule has 106 valence electrons. The molecule has 1 fully saturated rings. The Morgan fingerprint density at radius 1 is 1.26 bits per heavy atom. The number of methoxy groups -OCH3 is 1. The minimum absolute atomic E-state index is 0.282. The van der Waals surface area contributed by atoms with Crippen molar-refractivity contribution in [2.45, 2.75) is 65.0 Å². The van der Waals surface area contributed by atoms with Crippen LogP contribution in [0.3, 0.4) is 0 Å². The first-order chi connectivity index (χ1) is 9.06. The first-order valence-corrected chi connectivity index (χ1v) is 7.30. The Balaban J connectivity index is 2.07. The Morgan fingerprint density at radius 3 is 2.58 bits per heavy atom. The fourth-order valence-corrected chi connectivity index (χ4v) is 3.06. The normalized spacial score (nSPS) is 18.3. The monoisotopic (exact) mass is 262 g/mol. The molecule has 1 aliphatic rings. The van der Waals surface area contributed by atoms with Crippen LogP contribution >= 0.6 is 0 Å². The second-order valence-electron chi connectivity index (χ2n) is 6.02. The number of hydrogen-bond donors (Lipinski definition) is 1. The minimum Gasteiger partial charge on any atom is -0.496 e. The first-order valence-electron chi connectivity index (χ1n) is 7.30. The second kappa shape index (κ2) is 5.91. The molecule has 1 N–H and O–H groups in total. The van der Waals surface area contributed by atoms with Crippen molar-refractivity contribution in [1.29, 1.82) is 0 Å². The van der Waals surface area contributed by atoms with E-state index in [0.717, 1.165) is 29.1 Å². The maximum Gasteiger partial charge on any atom is 0.128 e. The van der Waals surface area contributed by atoms with Crippen molar-refractivity contribution in [2.24, 2.45) is 0 Å². The van der Waals surface area contributed by atoms with Crippen molar-refractivity contribution in [1.82, 2.24) is 10.3 Å². The van der Waals surface area contributed by atoms with E-state index >= 15 is 0 Å². The molecule has 0 amide bonds. The van der Waals surface area contributed by atoms with E-state index in [0.29, 0.717) is 0 Å². The van der Waals surface area contributed by atoms with Gasteiger partial charge in [-0.1, -0.05) is 19.3 Å². The van der Waals surface area contributed by atoms with Crippen LogP contribution < -0.4 is 10.1 Å². The van der Waals surface area contributed by atoms with Crippen LogP contribution in [0, 0.1) is 13.8 Å². The zero-order valence-corrected chi connectivity index (χ0v) is 12.7. The van der Waals surface area contributed by atoms with Gasteiger partial charge in [-0.25, -0.2) is 0 Å². The Hall–Kier alpha value is -1.09. The predicted molar refractivity (Wildman–Crippen MR) is 78.6 cm³/mol. The van der Waals surface area contributed by atoms with Crippen LogP contribution in [0.4, 0.5) is 0 Å². The lowest BCUT2D eigenvalue weighted by molar-refractivity contribution is 0.251. The summed E-state index contributed by atoms with van der Waals surface area (Å²) < 4.78 is 5.47. The quantitative estimate of drug-likeness (QED) is 0.901. The largest absolute Gasteiger partial charge is 0.496 e. The standard InChI is InChI=1S/C16H26N2O/c1-12-10-17-14(13(2)15(12)19-4)11-18-16(3)8-6-5-7-9-16/h10,18H,5-9,11H2,1-4H3. The molecule has 1 aromatic heterocycles. The van der Waals surface area contributed by atoms with Gasteiger partial charge in [0.05, 0.1) is 12.8 Å². The summed E-state index contributed by atoms with van der Waals surface area (Å²) in [5.74, 6) is 0.973. The van der Waals surface area contributed by atoms with Crippen LogP contribution in [-0.2, 0) is 6.54 Å². The highest BCUT2D eigenvalue weighted by molar-refractivity contribution is 5.41. The van der Waals surface area contributed by atoms with Gasteiger partial charge in [0.15, 0.2) is 0 Å². The third kappa shape index (κ3) is 3.27. The van der Waals surface area contributed by atoms with Crippen LogP contribution in [0.15, 0.2) is 6.20 Å². The smallest absolute Gasteiger partial charge is 0.128 e. The topological polar surface area (TPSA) is 34.1 Å². The Bertz CT molecular complexity index is 437. The van der Waals surface area contributed by atoms with E-state index in [1.54, 1.807) is 7.11 Å². The summed E-state index contributed by atoms with van der Waals surface area (Å²) in [6.07, 6.45) is 8.52. The summed E-state index contributed by atoms with van der Waals surface area (Å²) in [6, 6.07) is 0. The third-order valence-electron chi connectivity index (χ3n) is 4.39. The van der Waals surface area contributed by atoms with E-state index in [9.17, 15) is 0 Å². The van der Waals surface area contributed by atoms with Gasteiger partial charge in [-0.3, -0.25) is 4.98 Å². The summed E-state index contributed by atoms with van der Waals surface area (Å²) in [5, 5.41) is 3.71. The van der Waals surface area contributed by atoms with Crippen molar-refractivity contribution < 1.29 is 4.74 Å². The van der Waals surface area contributed by atoms with Crippen LogP contribution in [-0.4, -0.2) is 17.6 Å². The van der Waals surface area contributed by atoms with Gasteiger partial charge in [-0.15, -0.1) is 0 Å². The van der Waals surface area contributed by atoms with E-state index in [1.165, 1.54) is 32.1 Å². The van der Waals surface area contributed by atoms with Gasteiger partial charge in [-0.2, -0.15) is 0 Å². The third-order valence-corrected chi connectivity index (χ3v) is 4.39. The summed E-state index contributed by atoms with van der Waals surface area (Å²) in [7, 11) is 1.73. The summed E-state index contributed by atoms with van der Waals surface area (Å²) in [5.41, 5.74) is 3.65. The SMILES string of the molecule is COc1c(C)cnc(CNC2(C)CCCCC2)c1C. The molecular weight excluding hydrogens is 236 g/mol. The van der Waals surface area contributed by atoms with E-state index in [4.69, 9.17) is 4.74 Å². The number of ether oxygens (including phenoxy) is 1. The summed E-state index contributed by atoms with van der Waals surface area (Å²) in [4.78, 5) is 4.56. The van der Waals surface area contributed by atoms with E-state index in [2.05, 4.69) is 24.1 Å². The second-order valence-corrected chi connectivity index (χ2v) is 6.02. The van der Waals surface area contributed by atoms with Crippen LogP contribution in [0.25, 0.3) is 0 Å². The average Bonchev–Trinajstić information content (AvgIpc) is 2.39. The van der Waals surface area contributed by atoms with Crippen molar-refractivity contribution in [2.75, 3.05) is 7.11 Å². The lowest BCUT2D eigenvalue weighted by Gasteiger charge is -2.35. The molecule has 1 heterocycles. The van der Waals surface area contributed by atoms with Crippen molar-refractivity contribution >= 4 is 0 Å². The van der Waals surface area contributed by atoms with Gasteiger partial charge in [0.2, 0.25) is 0 Å². The number of nitrogens with zero attached hydrogens (tertiary/aromatic N) is 1. The van der Waals surface area contributed by atoms with E-state index in [1.807, 2.05) is 13.1 Å². The molecule has 0 aromatic carbocycles. The van der Waals surface area contributed by atoms with Gasteiger partial charge >= 0.3 is 0 Å². The number of aromatic nitrogens is 1. The summed E-state index contributed by atoms with van der Waals surface area (Å²) in [6.45, 7) is 7.31. The first kappa shape index (κ1) is 14.3. The molecule has 0 radical (unpaired) electrons. The Labute approximate surface area is 116 Å². The van der Waals surface area contributed by atoms with Gasteiger partial charge in [0, 0.05) is 29.4 Å². The molecule has 0 bridgehead atoms. The maximum absolute atomic E-state index is 5.47. The molecule has 0 spiro atoms. The van der Waals surface area contributed by atoms with Crippen molar-refractivity contribution in [3.63, 3.8) is 0 Å². The van der Waals surface area contributed by atoms with Gasteiger partial charge in [-0.05, 0) is 33.6 Å². The highest BCUT2D eigenvalue weighted by Crippen LogP contribution is 2.29. The van der Waals surface area contributed by atoms with Gasteiger partial charge < -0.3 is 10.1 Å². The van der Waals surface area contributed by atoms with E-state index < -0.39 is 0 Å². The average molecular weight is 262 g/mol. The molecule has 1 aliphatic carbocycles. The van der Waals surface area contributed by atoms with Crippen LogP contribution in [0.1, 0.15) is 55.8 Å². The lowest BCUT2D eigenvalue weighted by atomic mass is 9.83. The molecule has 3 heteroatoms. The fraction of sp³-hybridized carbons (Fsp3) is 0.688. The van der Waals surface area contributed by atoms with Gasteiger partial charge in [0.1, 0.15) is 5.75 Å². The summed E-state index contributed by atoms with van der Waals surface area (Å²) >= 11 is 0.